The van der Waals surface area contributed by atoms with Crippen LogP contribution in [0.25, 0.3) is 0 Å². The largest absolute Gasteiger partial charge is 0.462 e. The average Bonchev–Trinajstić information content (AvgIpc) is 3.30. The second-order valence-electron chi connectivity index (χ2n) is 19.2. The van der Waals surface area contributed by atoms with Crippen molar-refractivity contribution in [2.24, 2.45) is 0 Å². The number of allylic oxidation sites excluding steroid dienone is 6. The second-order valence-corrected chi connectivity index (χ2v) is 19.2. The molecule has 0 saturated heterocycles. The van der Waals surface area contributed by atoms with Crippen LogP contribution in [0.5, 0.6) is 0 Å². The van der Waals surface area contributed by atoms with E-state index in [1.807, 2.05) is 0 Å². The molecule has 0 amide bonds. The first kappa shape index (κ1) is 62.6. The van der Waals surface area contributed by atoms with E-state index in [9.17, 15) is 14.4 Å². The number of unbranched alkanes of at least 4 members (excludes halogenated alkanes) is 35. The molecular weight excluding hydrogens is 805 g/mol. The molecule has 6 nitrogen and oxygen atoms in total. The average molecular weight is 914 g/mol. The van der Waals surface area contributed by atoms with Gasteiger partial charge in [-0.1, -0.05) is 269 Å². The Balaban J connectivity index is 4.33. The van der Waals surface area contributed by atoms with Crippen molar-refractivity contribution in [3.63, 3.8) is 0 Å². The molecule has 0 radical (unpaired) electrons. The minimum absolute atomic E-state index is 0.0729. The van der Waals surface area contributed by atoms with E-state index in [-0.39, 0.29) is 31.1 Å². The molecule has 6 heteroatoms. The van der Waals surface area contributed by atoms with E-state index < -0.39 is 6.10 Å². The van der Waals surface area contributed by atoms with Gasteiger partial charge in [0.15, 0.2) is 6.10 Å². The van der Waals surface area contributed by atoms with Gasteiger partial charge < -0.3 is 14.2 Å². The fourth-order valence-electron chi connectivity index (χ4n) is 8.40. The molecule has 380 valence electrons. The maximum absolute atomic E-state index is 12.9. The minimum Gasteiger partial charge on any atom is -0.462 e. The zero-order valence-corrected chi connectivity index (χ0v) is 43.5. The third-order valence-electron chi connectivity index (χ3n) is 12.7. The van der Waals surface area contributed by atoms with Gasteiger partial charge >= 0.3 is 17.9 Å². The molecule has 0 N–H and O–H groups in total. The summed E-state index contributed by atoms with van der Waals surface area (Å²) in [7, 11) is 0. The van der Waals surface area contributed by atoms with Crippen molar-refractivity contribution in [2.45, 2.75) is 309 Å². The summed E-state index contributed by atoms with van der Waals surface area (Å²) in [4.78, 5) is 38.1. The lowest BCUT2D eigenvalue weighted by molar-refractivity contribution is -0.167. The molecule has 65 heavy (non-hydrogen) atoms. The summed E-state index contributed by atoms with van der Waals surface area (Å²) < 4.78 is 16.9. The Bertz CT molecular complexity index is 1090. The molecule has 0 aliphatic carbocycles. The summed E-state index contributed by atoms with van der Waals surface area (Å²) in [6, 6.07) is 0. The number of rotatable bonds is 52. The number of esters is 3. The summed E-state index contributed by atoms with van der Waals surface area (Å²) in [5, 5.41) is 0. The molecule has 0 bridgehead atoms. The zero-order valence-electron chi connectivity index (χ0n) is 43.5. The first-order valence-corrected chi connectivity index (χ1v) is 28.5. The predicted octanol–water partition coefficient (Wildman–Crippen LogP) is 18.9. The number of hydrogen-bond donors (Lipinski definition) is 0. The smallest absolute Gasteiger partial charge is 0.306 e. The van der Waals surface area contributed by atoms with Gasteiger partial charge in [0.2, 0.25) is 0 Å². The fourth-order valence-corrected chi connectivity index (χ4v) is 8.40. The first-order valence-electron chi connectivity index (χ1n) is 28.5. The van der Waals surface area contributed by atoms with Crippen LogP contribution in [0.15, 0.2) is 36.5 Å². The highest BCUT2D eigenvalue weighted by molar-refractivity contribution is 5.71. The third kappa shape index (κ3) is 52.5. The Hall–Kier alpha value is -2.37. The molecule has 0 spiro atoms. The van der Waals surface area contributed by atoms with Crippen molar-refractivity contribution >= 4 is 17.9 Å². The Morgan fingerprint density at radius 1 is 0.323 bits per heavy atom. The van der Waals surface area contributed by atoms with Crippen LogP contribution in [0.4, 0.5) is 0 Å². The van der Waals surface area contributed by atoms with E-state index in [0.717, 1.165) is 96.3 Å². The number of carbonyl (C=O) groups excluding carboxylic acids is 3. The Kier molecular flexibility index (Phi) is 52.3. The maximum Gasteiger partial charge on any atom is 0.306 e. The van der Waals surface area contributed by atoms with Gasteiger partial charge in [-0.05, 0) is 51.4 Å². The molecule has 0 fully saturated rings. The van der Waals surface area contributed by atoms with E-state index in [2.05, 4.69) is 57.2 Å². The molecule has 0 unspecified atom stereocenters. The molecule has 0 aromatic carbocycles. The number of hydrogen-bond acceptors (Lipinski definition) is 6. The molecule has 0 aromatic heterocycles. The van der Waals surface area contributed by atoms with Gasteiger partial charge in [-0.15, -0.1) is 0 Å². The highest BCUT2D eigenvalue weighted by Gasteiger charge is 2.19. The monoisotopic (exact) mass is 913 g/mol. The Labute approximate surface area is 404 Å². The lowest BCUT2D eigenvalue weighted by Crippen LogP contribution is -2.30. The molecule has 1 atom stereocenters. The van der Waals surface area contributed by atoms with Gasteiger partial charge in [-0.2, -0.15) is 0 Å². The molecule has 0 aliphatic rings. The van der Waals surface area contributed by atoms with Crippen molar-refractivity contribution in [2.75, 3.05) is 13.2 Å². The second kappa shape index (κ2) is 54.2. The van der Waals surface area contributed by atoms with Crippen LogP contribution >= 0.6 is 0 Å². The van der Waals surface area contributed by atoms with Crippen molar-refractivity contribution in [3.05, 3.63) is 36.5 Å². The van der Waals surface area contributed by atoms with E-state index in [4.69, 9.17) is 14.2 Å². The summed E-state index contributed by atoms with van der Waals surface area (Å²) in [5.41, 5.74) is 0. The van der Waals surface area contributed by atoms with Crippen molar-refractivity contribution < 1.29 is 28.6 Å². The van der Waals surface area contributed by atoms with Gasteiger partial charge in [0.1, 0.15) is 13.2 Å². The van der Waals surface area contributed by atoms with E-state index in [1.54, 1.807) is 0 Å². The summed E-state index contributed by atoms with van der Waals surface area (Å²) in [6.45, 7) is 6.56. The topological polar surface area (TPSA) is 78.9 Å². The van der Waals surface area contributed by atoms with Gasteiger partial charge in [0, 0.05) is 19.3 Å². The molecule has 0 aromatic rings. The zero-order chi connectivity index (χ0) is 47.2. The van der Waals surface area contributed by atoms with Crippen LogP contribution in [-0.2, 0) is 28.6 Å². The normalized spacial score (nSPS) is 12.2. The van der Waals surface area contributed by atoms with Gasteiger partial charge in [0.05, 0.1) is 0 Å². The maximum atomic E-state index is 12.9. The lowest BCUT2D eigenvalue weighted by Gasteiger charge is -2.18. The van der Waals surface area contributed by atoms with Crippen LogP contribution in [0, 0.1) is 0 Å². The number of carbonyl (C=O) groups is 3. The van der Waals surface area contributed by atoms with Crippen LogP contribution in [0.1, 0.15) is 303 Å². The number of ether oxygens (including phenoxy) is 3. The van der Waals surface area contributed by atoms with Crippen molar-refractivity contribution in [1.29, 1.82) is 0 Å². The molecular formula is C59H108O6. The fraction of sp³-hybridized carbons (Fsp3) is 0.847. The molecule has 0 rings (SSSR count). The van der Waals surface area contributed by atoms with Crippen LogP contribution in [0.3, 0.4) is 0 Å². The van der Waals surface area contributed by atoms with Gasteiger partial charge in [0.25, 0.3) is 0 Å². The van der Waals surface area contributed by atoms with Gasteiger partial charge in [-0.25, -0.2) is 0 Å². The highest BCUT2D eigenvalue weighted by atomic mass is 16.6. The Morgan fingerprint density at radius 2 is 0.600 bits per heavy atom. The quantitative estimate of drug-likeness (QED) is 0.0262. The van der Waals surface area contributed by atoms with Crippen LogP contribution in [0.2, 0.25) is 0 Å². The van der Waals surface area contributed by atoms with Crippen LogP contribution in [-0.4, -0.2) is 37.2 Å². The summed E-state index contributed by atoms with van der Waals surface area (Å²) in [6.07, 6.45) is 64.2. The van der Waals surface area contributed by atoms with E-state index in [0.29, 0.717) is 19.3 Å². The van der Waals surface area contributed by atoms with Crippen molar-refractivity contribution in [1.82, 2.24) is 0 Å². The highest BCUT2D eigenvalue weighted by Crippen LogP contribution is 2.17. The standard InChI is InChI=1S/C59H108O6/c1-4-7-10-13-16-19-22-25-27-28-29-30-32-35-38-41-44-47-50-53-59(62)65-56(54-63-57(60)51-48-45-42-39-36-33-24-21-18-15-12-9-6-3)55-64-58(61)52-49-46-43-40-37-34-31-26-23-20-17-14-11-8-5-2/h8,11,17,20,26,31,56H,4-7,9-10,12-16,18-19,21-25,27-30,32-55H2,1-3H3/b11-8-,20-17-,31-26-/t56-/m0/s1. The predicted molar refractivity (Wildman–Crippen MR) is 279 cm³/mol. The molecule has 0 saturated carbocycles. The summed E-state index contributed by atoms with van der Waals surface area (Å²) in [5.74, 6) is -0.872. The van der Waals surface area contributed by atoms with Crippen molar-refractivity contribution in [3.8, 4) is 0 Å². The Morgan fingerprint density at radius 3 is 0.938 bits per heavy atom. The van der Waals surface area contributed by atoms with E-state index in [1.165, 1.54) is 167 Å². The third-order valence-corrected chi connectivity index (χ3v) is 12.7. The first-order chi connectivity index (χ1) is 32.0. The SMILES string of the molecule is CC/C=C\C/C=C\C/C=C\CCCCCCCC(=O)OC[C@H](COC(=O)CCCCCCCCCCCCCCC)OC(=O)CCCCCCCCCCCCCCCCCCCCC. The lowest BCUT2D eigenvalue weighted by atomic mass is 10.0. The van der Waals surface area contributed by atoms with E-state index >= 15 is 0 Å². The van der Waals surface area contributed by atoms with Gasteiger partial charge in [-0.3, -0.25) is 14.4 Å². The molecule has 0 heterocycles. The summed E-state index contributed by atoms with van der Waals surface area (Å²) >= 11 is 0. The van der Waals surface area contributed by atoms with Crippen LogP contribution < -0.4 is 0 Å². The minimum atomic E-state index is -0.774. The molecule has 0 aliphatic heterocycles.